The van der Waals surface area contributed by atoms with Gasteiger partial charge in [0.25, 0.3) is 0 Å². The number of esters is 1. The van der Waals surface area contributed by atoms with Crippen LogP contribution >= 0.6 is 11.6 Å². The first kappa shape index (κ1) is 9.59. The van der Waals surface area contributed by atoms with Gasteiger partial charge in [0.2, 0.25) is 0 Å². The molecule has 3 heteroatoms. The van der Waals surface area contributed by atoms with Crippen molar-refractivity contribution in [3.05, 3.63) is 12.2 Å². The Balaban J connectivity index is 2.43. The molecule has 2 atom stereocenters. The van der Waals surface area contributed by atoms with Crippen molar-refractivity contribution in [1.82, 2.24) is 0 Å². The number of ether oxygens (including phenoxy) is 1. The highest BCUT2D eigenvalue weighted by Gasteiger charge is 2.13. The highest BCUT2D eigenvalue weighted by Crippen LogP contribution is 2.17. The molecule has 0 aliphatic heterocycles. The Morgan fingerprint density at radius 2 is 2.25 bits per heavy atom. The summed E-state index contributed by atoms with van der Waals surface area (Å²) >= 11 is 5.90. The lowest BCUT2D eigenvalue weighted by Crippen LogP contribution is -2.12. The molecule has 1 rings (SSSR count). The summed E-state index contributed by atoms with van der Waals surface area (Å²) in [4.78, 5) is 10.6. The van der Waals surface area contributed by atoms with Gasteiger partial charge in [-0.1, -0.05) is 6.08 Å². The smallest absolute Gasteiger partial charge is 0.303 e. The molecular formula is C9H13ClO2. The number of carbonyl (C=O) groups is 1. The van der Waals surface area contributed by atoms with Crippen molar-refractivity contribution < 1.29 is 9.53 Å². The van der Waals surface area contributed by atoms with E-state index in [-0.39, 0.29) is 17.5 Å². The molecule has 68 valence electrons. The molecule has 0 aromatic heterocycles. The van der Waals surface area contributed by atoms with Crippen LogP contribution in [0.5, 0.6) is 0 Å². The third-order valence-corrected chi connectivity index (χ3v) is 2.18. The van der Waals surface area contributed by atoms with Crippen molar-refractivity contribution in [2.45, 2.75) is 37.7 Å². The summed E-state index contributed by atoms with van der Waals surface area (Å²) in [6.07, 6.45) is 6.59. The van der Waals surface area contributed by atoms with E-state index in [2.05, 4.69) is 0 Å². The summed E-state index contributed by atoms with van der Waals surface area (Å²) in [6.45, 7) is 1.43. The van der Waals surface area contributed by atoms with Gasteiger partial charge in [-0.3, -0.25) is 4.79 Å². The van der Waals surface area contributed by atoms with Crippen LogP contribution in [0.3, 0.4) is 0 Å². The summed E-state index contributed by atoms with van der Waals surface area (Å²) in [5, 5.41) is 0.102. The summed E-state index contributed by atoms with van der Waals surface area (Å²) in [5.41, 5.74) is 0. The average molecular weight is 189 g/mol. The van der Waals surface area contributed by atoms with Gasteiger partial charge in [0.05, 0.1) is 5.38 Å². The van der Waals surface area contributed by atoms with Crippen molar-refractivity contribution in [2.75, 3.05) is 0 Å². The first-order chi connectivity index (χ1) is 5.68. The Hall–Kier alpha value is -0.500. The predicted octanol–water partition coefficient (Wildman–Crippen LogP) is 2.27. The fraction of sp³-hybridized carbons (Fsp3) is 0.667. The van der Waals surface area contributed by atoms with Crippen molar-refractivity contribution >= 4 is 17.6 Å². The van der Waals surface area contributed by atoms with Gasteiger partial charge in [-0.2, -0.15) is 0 Å². The second-order valence-electron chi connectivity index (χ2n) is 2.98. The van der Waals surface area contributed by atoms with E-state index >= 15 is 0 Å². The van der Waals surface area contributed by atoms with Crippen molar-refractivity contribution in [3.8, 4) is 0 Å². The Morgan fingerprint density at radius 3 is 2.92 bits per heavy atom. The quantitative estimate of drug-likeness (QED) is 0.359. The van der Waals surface area contributed by atoms with E-state index in [0.717, 1.165) is 19.3 Å². The van der Waals surface area contributed by atoms with E-state index in [1.807, 2.05) is 12.2 Å². The average Bonchev–Trinajstić information content (AvgIpc) is 2.15. The number of carbonyl (C=O) groups excluding carboxylic acids is 1. The van der Waals surface area contributed by atoms with Crippen molar-refractivity contribution in [1.29, 1.82) is 0 Å². The van der Waals surface area contributed by atoms with Crippen LogP contribution in [0, 0.1) is 0 Å². The highest BCUT2D eigenvalue weighted by atomic mass is 35.5. The molecule has 0 aromatic carbocycles. The monoisotopic (exact) mass is 188 g/mol. The molecule has 0 heterocycles. The standard InChI is InChI=1S/C9H13ClO2/c1-7(11)12-9-4-2-3-8(10)5-6-9/h5-6,8-9H,2-4H2,1H3. The van der Waals surface area contributed by atoms with Crippen LogP contribution in [0.4, 0.5) is 0 Å². The fourth-order valence-electron chi connectivity index (χ4n) is 1.26. The summed E-state index contributed by atoms with van der Waals surface area (Å²) in [7, 11) is 0. The van der Waals surface area contributed by atoms with E-state index in [4.69, 9.17) is 16.3 Å². The molecule has 0 spiro atoms. The molecule has 1 aliphatic carbocycles. The number of alkyl halides is 1. The molecule has 2 nitrogen and oxygen atoms in total. The number of hydrogen-bond acceptors (Lipinski definition) is 2. The van der Waals surface area contributed by atoms with Gasteiger partial charge in [0, 0.05) is 6.92 Å². The molecule has 0 saturated heterocycles. The van der Waals surface area contributed by atoms with Crippen LogP contribution in [0.15, 0.2) is 12.2 Å². The zero-order valence-corrected chi connectivity index (χ0v) is 7.88. The Labute approximate surface area is 77.5 Å². The normalized spacial score (nSPS) is 29.5. The van der Waals surface area contributed by atoms with E-state index in [0.29, 0.717) is 0 Å². The Bertz CT molecular complexity index is 189. The van der Waals surface area contributed by atoms with Crippen LogP contribution in [-0.4, -0.2) is 17.5 Å². The molecule has 12 heavy (non-hydrogen) atoms. The minimum Gasteiger partial charge on any atom is -0.458 e. The lowest BCUT2D eigenvalue weighted by atomic mass is 10.2. The topological polar surface area (TPSA) is 26.3 Å². The maximum atomic E-state index is 10.6. The van der Waals surface area contributed by atoms with E-state index < -0.39 is 0 Å². The van der Waals surface area contributed by atoms with Gasteiger partial charge in [-0.25, -0.2) is 0 Å². The molecule has 0 saturated carbocycles. The van der Waals surface area contributed by atoms with Crippen LogP contribution in [0.25, 0.3) is 0 Å². The molecule has 0 fully saturated rings. The second-order valence-corrected chi connectivity index (χ2v) is 3.54. The lowest BCUT2D eigenvalue weighted by molar-refractivity contribution is -0.144. The maximum Gasteiger partial charge on any atom is 0.303 e. The van der Waals surface area contributed by atoms with Crippen molar-refractivity contribution in [2.24, 2.45) is 0 Å². The van der Waals surface area contributed by atoms with Crippen LogP contribution in [-0.2, 0) is 9.53 Å². The zero-order valence-electron chi connectivity index (χ0n) is 7.13. The van der Waals surface area contributed by atoms with Gasteiger partial charge in [0.1, 0.15) is 6.10 Å². The predicted molar refractivity (Wildman–Crippen MR) is 48.2 cm³/mol. The second kappa shape index (κ2) is 4.51. The molecular weight excluding hydrogens is 176 g/mol. The highest BCUT2D eigenvalue weighted by molar-refractivity contribution is 6.21. The molecule has 0 radical (unpaired) electrons. The molecule has 2 unspecified atom stereocenters. The summed E-state index contributed by atoms with van der Waals surface area (Å²) in [6, 6.07) is 0. The largest absolute Gasteiger partial charge is 0.458 e. The fourth-order valence-corrected chi connectivity index (χ4v) is 1.50. The minimum absolute atomic E-state index is 0.0637. The van der Waals surface area contributed by atoms with Crippen LogP contribution < -0.4 is 0 Å². The van der Waals surface area contributed by atoms with E-state index in [9.17, 15) is 4.79 Å². The van der Waals surface area contributed by atoms with E-state index in [1.54, 1.807) is 0 Å². The van der Waals surface area contributed by atoms with Gasteiger partial charge >= 0.3 is 5.97 Å². The lowest BCUT2D eigenvalue weighted by Gasteiger charge is -2.09. The summed E-state index contributed by atoms with van der Waals surface area (Å²) < 4.78 is 5.04. The van der Waals surface area contributed by atoms with Gasteiger partial charge in [0.15, 0.2) is 0 Å². The SMILES string of the molecule is CC(=O)OC1C=CC(Cl)CCC1. The van der Waals surface area contributed by atoms with Gasteiger partial charge in [-0.15, -0.1) is 11.6 Å². The van der Waals surface area contributed by atoms with Gasteiger partial charge in [-0.05, 0) is 25.3 Å². The zero-order chi connectivity index (χ0) is 8.97. The van der Waals surface area contributed by atoms with Crippen molar-refractivity contribution in [3.63, 3.8) is 0 Å². The van der Waals surface area contributed by atoms with Gasteiger partial charge < -0.3 is 4.74 Å². The number of rotatable bonds is 1. The molecule has 0 bridgehead atoms. The number of allylic oxidation sites excluding steroid dienone is 1. The first-order valence-corrected chi connectivity index (χ1v) is 4.62. The third kappa shape index (κ3) is 3.26. The molecule has 0 N–H and O–H groups in total. The maximum absolute atomic E-state index is 10.6. The minimum atomic E-state index is -0.224. The molecule has 0 aromatic rings. The van der Waals surface area contributed by atoms with Crippen LogP contribution in [0.2, 0.25) is 0 Å². The Morgan fingerprint density at radius 1 is 1.50 bits per heavy atom. The van der Waals surface area contributed by atoms with Crippen LogP contribution in [0.1, 0.15) is 26.2 Å². The number of halogens is 1. The summed E-state index contributed by atoms with van der Waals surface area (Å²) in [5.74, 6) is -0.224. The number of hydrogen-bond donors (Lipinski definition) is 0. The Kier molecular flexibility index (Phi) is 3.60. The molecule has 1 aliphatic rings. The third-order valence-electron chi connectivity index (χ3n) is 1.82. The van der Waals surface area contributed by atoms with E-state index in [1.165, 1.54) is 6.92 Å². The first-order valence-electron chi connectivity index (χ1n) is 4.18. The molecule has 0 amide bonds.